The van der Waals surface area contributed by atoms with Crippen molar-refractivity contribution in [3.63, 3.8) is 0 Å². The SMILES string of the molecule is Nc1nc2c(ncn2[C@@H]2O[C@H](COP(=O)(O)O)[C@@H](O)[C@H]2O)c(=O)[nH]1.Nc1ncnc2c1ncn2[C@@H]1O[C@H](COP(=O)(O)OP(=O)(O)OP(=O)(O)O)[C@@H](O)[C@H]1O. The van der Waals surface area contributed by atoms with Gasteiger partial charge in [-0.2, -0.15) is 13.6 Å². The molecule has 4 aromatic heterocycles. The van der Waals surface area contributed by atoms with E-state index in [-0.39, 0.29) is 34.1 Å². The van der Waals surface area contributed by atoms with E-state index in [1.165, 1.54) is 21.8 Å². The molecular formula is C20H30N10O21P4. The Bertz CT molecular complexity index is 2280. The van der Waals surface area contributed by atoms with Crippen LogP contribution in [-0.4, -0.2) is 139 Å². The van der Waals surface area contributed by atoms with Gasteiger partial charge in [-0.05, 0) is 0 Å². The number of rotatable bonds is 12. The van der Waals surface area contributed by atoms with Crippen LogP contribution in [-0.2, 0) is 45.4 Å². The number of nitrogen functional groups attached to an aromatic ring is 2. The average Bonchev–Trinajstić information content (AvgIpc) is 3.79. The van der Waals surface area contributed by atoms with Gasteiger partial charge in [0.2, 0.25) is 5.95 Å². The summed E-state index contributed by atoms with van der Waals surface area (Å²) in [6.07, 6.45) is -7.91. The predicted octanol–water partition coefficient (Wildman–Crippen LogP) is -4.20. The van der Waals surface area contributed by atoms with Gasteiger partial charge < -0.3 is 70.7 Å². The summed E-state index contributed by atoms with van der Waals surface area (Å²) in [5, 5.41) is 40.5. The molecule has 6 heterocycles. The topological polar surface area (TPSA) is 485 Å². The average molecular weight is 870 g/mol. The van der Waals surface area contributed by atoms with Crippen LogP contribution in [0.15, 0.2) is 23.8 Å². The number of aliphatic hydroxyl groups is 4. The summed E-state index contributed by atoms with van der Waals surface area (Å²) in [5.41, 5.74) is 10.8. The van der Waals surface area contributed by atoms with Crippen molar-refractivity contribution < 1.29 is 95.2 Å². The molecule has 35 heteroatoms. The number of phosphoric acid groups is 4. The lowest BCUT2D eigenvalue weighted by Crippen LogP contribution is -2.33. The molecule has 0 radical (unpaired) electrons. The Labute approximate surface area is 302 Å². The highest BCUT2D eigenvalue weighted by Gasteiger charge is 2.48. The van der Waals surface area contributed by atoms with Crippen LogP contribution in [0.25, 0.3) is 22.3 Å². The Morgan fingerprint density at radius 3 is 1.76 bits per heavy atom. The number of H-pyrrole nitrogens is 1. The molecule has 0 spiro atoms. The van der Waals surface area contributed by atoms with Crippen molar-refractivity contribution in [1.29, 1.82) is 0 Å². The number of imidazole rings is 2. The molecule has 4 aromatic rings. The largest absolute Gasteiger partial charge is 0.490 e. The van der Waals surface area contributed by atoms with Gasteiger partial charge >= 0.3 is 31.3 Å². The first-order chi connectivity index (χ1) is 25.4. The van der Waals surface area contributed by atoms with E-state index in [4.69, 9.17) is 45.4 Å². The molecule has 0 amide bonds. The van der Waals surface area contributed by atoms with E-state index in [9.17, 15) is 48.4 Å². The maximum absolute atomic E-state index is 11.8. The molecule has 0 bridgehead atoms. The van der Waals surface area contributed by atoms with Gasteiger partial charge in [-0.1, -0.05) is 0 Å². The van der Waals surface area contributed by atoms with Crippen LogP contribution in [0.1, 0.15) is 12.5 Å². The number of nitrogens with one attached hydrogen (secondary N) is 1. The standard InChI is InChI=1S/C10H16N5O13P3.C10H14N5O8P/c11-8-5-9(13-2-12-8)15(3-14-5)10-7(17)6(16)4(26-10)1-25-30(21,22)28-31(23,24)27-29(18,19)20;11-10-13-7-4(8(18)14-10)12-2-15(7)9-6(17)5(16)3(23-9)1-22-24(19,20)21/h2-4,6-7,10,16-17H,1H2,(H,21,22)(H,23,24)(H2,11,12,13)(H2,18,19,20);2-3,5-6,9,16-17H,1H2,(H2,19,20,21)(H3,11,13,14,18)/t4-,6-,7-,10-;3-,5-,6-,9-/m11/s1. The minimum atomic E-state index is -5.70. The van der Waals surface area contributed by atoms with Gasteiger partial charge in [0.15, 0.2) is 35.1 Å². The van der Waals surface area contributed by atoms with Crippen LogP contribution in [0, 0.1) is 0 Å². The maximum Gasteiger partial charge on any atom is 0.490 e. The van der Waals surface area contributed by atoms with Crippen LogP contribution in [0.4, 0.5) is 11.8 Å². The Balaban J connectivity index is 0.000000218. The number of hydrogen-bond donors (Lipinski definition) is 13. The number of aliphatic hydroxyl groups excluding tert-OH is 4. The smallest absolute Gasteiger partial charge is 0.387 e. The molecule has 0 saturated carbocycles. The monoisotopic (exact) mass is 870 g/mol. The Hall–Kier alpha value is -3.22. The van der Waals surface area contributed by atoms with Crippen LogP contribution < -0.4 is 17.0 Å². The second kappa shape index (κ2) is 16.0. The van der Waals surface area contributed by atoms with Crippen molar-refractivity contribution in [2.75, 3.05) is 24.7 Å². The van der Waals surface area contributed by atoms with Crippen molar-refractivity contribution in [2.45, 2.75) is 49.1 Å². The van der Waals surface area contributed by atoms with Gasteiger partial charge in [0.1, 0.15) is 48.5 Å². The number of phosphoric ester groups is 2. The zero-order valence-electron chi connectivity index (χ0n) is 26.8. The highest BCUT2D eigenvalue weighted by molar-refractivity contribution is 7.66. The molecular weight excluding hydrogens is 840 g/mol. The lowest BCUT2D eigenvalue weighted by Gasteiger charge is -2.19. The first-order valence-electron chi connectivity index (χ1n) is 14.5. The van der Waals surface area contributed by atoms with Gasteiger partial charge in [-0.3, -0.25) is 28.0 Å². The minimum absolute atomic E-state index is 0.0176. The summed E-state index contributed by atoms with van der Waals surface area (Å²) in [7, 11) is -21.4. The molecule has 2 aliphatic heterocycles. The number of ether oxygens (including phenoxy) is 2. The van der Waals surface area contributed by atoms with E-state index >= 15 is 0 Å². The third-order valence-corrected chi connectivity index (χ3v) is 11.6. The van der Waals surface area contributed by atoms with Gasteiger partial charge in [0.05, 0.1) is 25.9 Å². The summed E-state index contributed by atoms with van der Waals surface area (Å²) in [6, 6.07) is 0. The fourth-order valence-electron chi connectivity index (χ4n) is 5.02. The zero-order valence-corrected chi connectivity index (χ0v) is 30.4. The summed E-state index contributed by atoms with van der Waals surface area (Å²) in [4.78, 5) is 86.4. The number of hydrogen-bond acceptors (Lipinski definition) is 22. The van der Waals surface area contributed by atoms with Gasteiger partial charge in [0.25, 0.3) is 5.56 Å². The molecule has 2 fully saturated rings. The van der Waals surface area contributed by atoms with E-state index in [0.29, 0.717) is 0 Å². The molecule has 10 atom stereocenters. The molecule has 15 N–H and O–H groups in total. The number of nitrogens with two attached hydrogens (primary N) is 2. The summed E-state index contributed by atoms with van der Waals surface area (Å²) in [6.45, 7) is -1.61. The molecule has 31 nitrogen and oxygen atoms in total. The summed E-state index contributed by atoms with van der Waals surface area (Å²) in [5.74, 6) is -0.135. The molecule has 0 aromatic carbocycles. The van der Waals surface area contributed by atoms with Crippen LogP contribution in [0.2, 0.25) is 0 Å². The van der Waals surface area contributed by atoms with E-state index < -0.39 is 99.1 Å². The zero-order chi connectivity index (χ0) is 40.8. The molecule has 306 valence electrons. The molecule has 55 heavy (non-hydrogen) atoms. The fourth-order valence-corrected chi connectivity index (χ4v) is 8.39. The third-order valence-electron chi connectivity index (χ3n) is 7.29. The number of anilines is 2. The first-order valence-corrected chi connectivity index (χ1v) is 20.6. The van der Waals surface area contributed by atoms with Crippen molar-refractivity contribution in [3.05, 3.63) is 29.3 Å². The minimum Gasteiger partial charge on any atom is -0.387 e. The Morgan fingerprint density at radius 1 is 0.691 bits per heavy atom. The number of nitrogens with zero attached hydrogens (tertiary/aromatic N) is 7. The van der Waals surface area contributed by atoms with Gasteiger partial charge in [0, 0.05) is 0 Å². The highest BCUT2D eigenvalue weighted by atomic mass is 31.3. The first kappa shape index (κ1) is 42.9. The second-order valence-corrected chi connectivity index (χ2v) is 16.8. The molecule has 2 saturated heterocycles. The van der Waals surface area contributed by atoms with Crippen LogP contribution in [0.5, 0.6) is 0 Å². The van der Waals surface area contributed by atoms with Crippen LogP contribution in [0.3, 0.4) is 0 Å². The van der Waals surface area contributed by atoms with Crippen molar-refractivity contribution in [1.82, 2.24) is 39.0 Å². The molecule has 2 unspecified atom stereocenters. The highest BCUT2D eigenvalue weighted by Crippen LogP contribution is 2.66. The summed E-state index contributed by atoms with van der Waals surface area (Å²) >= 11 is 0. The second-order valence-electron chi connectivity index (χ2n) is 11.1. The van der Waals surface area contributed by atoms with Crippen molar-refractivity contribution in [3.8, 4) is 0 Å². The third kappa shape index (κ3) is 10.2. The van der Waals surface area contributed by atoms with E-state index in [2.05, 4.69) is 47.6 Å². The van der Waals surface area contributed by atoms with Crippen molar-refractivity contribution >= 4 is 65.4 Å². The molecule has 2 aliphatic rings. The van der Waals surface area contributed by atoms with E-state index in [0.717, 1.165) is 6.33 Å². The Kier molecular flexibility index (Phi) is 12.5. The number of fused-ring (bicyclic) bond motifs is 2. The molecule has 6 rings (SSSR count). The lowest BCUT2D eigenvalue weighted by atomic mass is 10.1. The lowest BCUT2D eigenvalue weighted by molar-refractivity contribution is -0.0504. The predicted molar refractivity (Wildman–Crippen MR) is 172 cm³/mol. The fraction of sp³-hybridized carbons (Fsp3) is 0.500. The van der Waals surface area contributed by atoms with Gasteiger partial charge in [-0.25, -0.2) is 38.2 Å². The molecule has 0 aliphatic carbocycles. The number of aromatic nitrogens is 8. The normalized spacial score (nSPS) is 28.2. The van der Waals surface area contributed by atoms with E-state index in [1.807, 2.05) is 0 Å². The van der Waals surface area contributed by atoms with E-state index in [1.54, 1.807) is 0 Å². The van der Waals surface area contributed by atoms with Crippen molar-refractivity contribution in [2.24, 2.45) is 0 Å². The van der Waals surface area contributed by atoms with Gasteiger partial charge in [-0.15, -0.1) is 0 Å². The summed E-state index contributed by atoms with van der Waals surface area (Å²) < 4.78 is 73.5. The Morgan fingerprint density at radius 2 is 1.22 bits per heavy atom. The quantitative estimate of drug-likeness (QED) is 0.0600. The number of aromatic amines is 1. The maximum atomic E-state index is 11.8. The van der Waals surface area contributed by atoms with Crippen LogP contribution >= 0.6 is 31.3 Å².